The van der Waals surface area contributed by atoms with E-state index in [1.807, 2.05) is 27.7 Å². The highest BCUT2D eigenvalue weighted by molar-refractivity contribution is 5.72. The monoisotopic (exact) mass is 427 g/mol. The molecule has 0 aromatic heterocycles. The molecule has 30 heavy (non-hydrogen) atoms. The van der Waals surface area contributed by atoms with Crippen molar-refractivity contribution >= 4 is 11.9 Å². The first kappa shape index (κ1) is 28.9. The molecule has 0 unspecified atom stereocenters. The molecule has 0 aromatic rings. The summed E-state index contributed by atoms with van der Waals surface area (Å²) in [4.78, 5) is 24.2. The zero-order chi connectivity index (χ0) is 22.9. The summed E-state index contributed by atoms with van der Waals surface area (Å²) in [6.07, 6.45) is 13.4. The number of carbonyl (C=O) groups is 2. The molecule has 0 aliphatic carbocycles. The van der Waals surface area contributed by atoms with Gasteiger partial charge in [0.05, 0.1) is 6.54 Å². The Bertz CT molecular complexity index is 418. The van der Waals surface area contributed by atoms with Gasteiger partial charge in [-0.15, -0.1) is 0 Å². The van der Waals surface area contributed by atoms with Gasteiger partial charge in [0, 0.05) is 6.42 Å². The van der Waals surface area contributed by atoms with E-state index >= 15 is 0 Å². The second-order valence-corrected chi connectivity index (χ2v) is 9.72. The van der Waals surface area contributed by atoms with Crippen LogP contribution in [0.1, 0.15) is 125 Å². The number of esters is 2. The van der Waals surface area contributed by atoms with Crippen LogP contribution in [-0.2, 0) is 19.1 Å². The topological polar surface area (TPSA) is 64.6 Å². The highest BCUT2D eigenvalue weighted by Gasteiger charge is 2.29. The van der Waals surface area contributed by atoms with E-state index in [0.29, 0.717) is 19.3 Å². The maximum absolute atomic E-state index is 12.1. The number of ether oxygens (including phenoxy) is 2. The summed E-state index contributed by atoms with van der Waals surface area (Å²) in [5.41, 5.74) is -1.13. The van der Waals surface area contributed by atoms with Gasteiger partial charge in [0.15, 0.2) is 0 Å². The van der Waals surface area contributed by atoms with E-state index in [1.54, 1.807) is 0 Å². The van der Waals surface area contributed by atoms with Gasteiger partial charge in [-0.05, 0) is 59.9 Å². The molecule has 5 heteroatoms. The number of hydrogen-bond donors (Lipinski definition) is 1. The van der Waals surface area contributed by atoms with E-state index in [-0.39, 0.29) is 18.5 Å². The number of unbranched alkanes of at least 4 members (excludes halogenated alkanes) is 8. The van der Waals surface area contributed by atoms with Crippen LogP contribution in [0.2, 0.25) is 0 Å². The quantitative estimate of drug-likeness (QED) is 0.193. The summed E-state index contributed by atoms with van der Waals surface area (Å²) >= 11 is 0. The molecule has 0 amide bonds. The second kappa shape index (κ2) is 16.6. The maximum atomic E-state index is 12.1. The van der Waals surface area contributed by atoms with Crippen molar-refractivity contribution < 1.29 is 19.1 Å². The molecule has 178 valence electrons. The van der Waals surface area contributed by atoms with Crippen LogP contribution in [0, 0.1) is 0 Å². The minimum Gasteiger partial charge on any atom is -0.460 e. The zero-order valence-electron chi connectivity index (χ0n) is 20.7. The predicted octanol–water partition coefficient (Wildman–Crippen LogP) is 6.33. The van der Waals surface area contributed by atoms with E-state index in [1.165, 1.54) is 44.9 Å². The largest absolute Gasteiger partial charge is 0.460 e. The summed E-state index contributed by atoms with van der Waals surface area (Å²) in [6, 6.07) is 0. The molecule has 0 rings (SSSR count). The third-order valence-electron chi connectivity index (χ3n) is 5.32. The number of nitrogens with one attached hydrogen (secondary N) is 1. The molecule has 1 N–H and O–H groups in total. The SMILES string of the molecule is CCCCCCCCC(=O)OC(C)(C)CCC(C)(C)OC(=O)CNCCCCCC. The molecular formula is C25H49NO4. The van der Waals surface area contributed by atoms with Crippen molar-refractivity contribution in [1.29, 1.82) is 0 Å². The van der Waals surface area contributed by atoms with Crippen LogP contribution in [0.4, 0.5) is 0 Å². The fraction of sp³-hybridized carbons (Fsp3) is 0.920. The highest BCUT2D eigenvalue weighted by atomic mass is 16.6. The van der Waals surface area contributed by atoms with Crippen LogP contribution >= 0.6 is 0 Å². The van der Waals surface area contributed by atoms with E-state index in [0.717, 1.165) is 25.8 Å². The molecule has 0 saturated heterocycles. The smallest absolute Gasteiger partial charge is 0.320 e. The Hall–Kier alpha value is -1.10. The lowest BCUT2D eigenvalue weighted by Gasteiger charge is -2.31. The lowest BCUT2D eigenvalue weighted by atomic mass is 9.93. The molecule has 0 saturated carbocycles. The van der Waals surface area contributed by atoms with Gasteiger partial charge in [-0.25, -0.2) is 0 Å². The Kier molecular flexibility index (Phi) is 16.0. The van der Waals surface area contributed by atoms with Gasteiger partial charge in [0.1, 0.15) is 11.2 Å². The molecule has 0 atom stereocenters. The standard InChI is InChI=1S/C25H49NO4/c1-7-9-11-13-14-15-17-22(27)29-24(3,4)18-19-25(5,6)30-23(28)21-26-20-16-12-10-8-2/h26H,7-21H2,1-6H3. The summed E-state index contributed by atoms with van der Waals surface area (Å²) in [6.45, 7) is 13.2. The van der Waals surface area contributed by atoms with Gasteiger partial charge >= 0.3 is 11.9 Å². The van der Waals surface area contributed by atoms with Gasteiger partial charge in [0.2, 0.25) is 0 Å². The minimum absolute atomic E-state index is 0.127. The molecule has 5 nitrogen and oxygen atoms in total. The summed E-state index contributed by atoms with van der Waals surface area (Å²) in [7, 11) is 0. The Balaban J connectivity index is 4.05. The normalized spacial score (nSPS) is 12.1. The molecule has 0 aliphatic rings. The average Bonchev–Trinajstić information content (AvgIpc) is 2.65. The van der Waals surface area contributed by atoms with E-state index < -0.39 is 11.2 Å². The first-order chi connectivity index (χ1) is 14.1. The van der Waals surface area contributed by atoms with Gasteiger partial charge in [-0.2, -0.15) is 0 Å². The van der Waals surface area contributed by atoms with Crippen molar-refractivity contribution in [3.05, 3.63) is 0 Å². The van der Waals surface area contributed by atoms with Crippen molar-refractivity contribution in [1.82, 2.24) is 5.32 Å². The summed E-state index contributed by atoms with van der Waals surface area (Å²) < 4.78 is 11.3. The lowest BCUT2D eigenvalue weighted by molar-refractivity contribution is -0.163. The molecule has 0 radical (unpaired) electrons. The summed E-state index contributed by atoms with van der Waals surface area (Å²) in [5, 5.41) is 3.16. The predicted molar refractivity (Wildman–Crippen MR) is 125 cm³/mol. The Morgan fingerprint density at radius 3 is 1.70 bits per heavy atom. The third-order valence-corrected chi connectivity index (χ3v) is 5.32. The van der Waals surface area contributed by atoms with Crippen LogP contribution < -0.4 is 5.32 Å². The number of carbonyl (C=O) groups excluding carboxylic acids is 2. The molecule has 0 aliphatic heterocycles. The first-order valence-corrected chi connectivity index (χ1v) is 12.3. The van der Waals surface area contributed by atoms with Gasteiger partial charge in [-0.3, -0.25) is 9.59 Å². The third kappa shape index (κ3) is 17.7. The first-order valence-electron chi connectivity index (χ1n) is 12.3. The fourth-order valence-corrected chi connectivity index (χ4v) is 3.32. The maximum Gasteiger partial charge on any atom is 0.320 e. The van der Waals surface area contributed by atoms with Crippen LogP contribution in [0.3, 0.4) is 0 Å². The second-order valence-electron chi connectivity index (χ2n) is 9.72. The molecular weight excluding hydrogens is 378 g/mol. The molecule has 0 bridgehead atoms. The average molecular weight is 428 g/mol. The van der Waals surface area contributed by atoms with Crippen molar-refractivity contribution in [2.24, 2.45) is 0 Å². The molecule has 0 fully saturated rings. The molecule has 0 heterocycles. The molecule has 0 spiro atoms. The zero-order valence-corrected chi connectivity index (χ0v) is 20.7. The number of rotatable bonds is 19. The Labute approximate surface area is 186 Å². The highest BCUT2D eigenvalue weighted by Crippen LogP contribution is 2.25. The van der Waals surface area contributed by atoms with Crippen molar-refractivity contribution in [3.63, 3.8) is 0 Å². The number of hydrogen-bond acceptors (Lipinski definition) is 5. The Morgan fingerprint density at radius 1 is 0.667 bits per heavy atom. The van der Waals surface area contributed by atoms with Gasteiger partial charge in [-0.1, -0.05) is 65.2 Å². The molecule has 0 aromatic carbocycles. The van der Waals surface area contributed by atoms with Crippen LogP contribution in [0.15, 0.2) is 0 Å². The van der Waals surface area contributed by atoms with Gasteiger partial charge < -0.3 is 14.8 Å². The van der Waals surface area contributed by atoms with Crippen LogP contribution in [-0.4, -0.2) is 36.2 Å². The van der Waals surface area contributed by atoms with Crippen LogP contribution in [0.25, 0.3) is 0 Å². The van der Waals surface area contributed by atoms with E-state index in [9.17, 15) is 9.59 Å². The Morgan fingerprint density at radius 2 is 1.13 bits per heavy atom. The van der Waals surface area contributed by atoms with Crippen molar-refractivity contribution in [2.75, 3.05) is 13.1 Å². The van der Waals surface area contributed by atoms with E-state index in [2.05, 4.69) is 19.2 Å². The minimum atomic E-state index is -0.579. The van der Waals surface area contributed by atoms with Crippen LogP contribution in [0.5, 0.6) is 0 Å². The van der Waals surface area contributed by atoms with Crippen molar-refractivity contribution in [2.45, 2.75) is 136 Å². The fourth-order valence-electron chi connectivity index (χ4n) is 3.32. The van der Waals surface area contributed by atoms with Gasteiger partial charge in [0.25, 0.3) is 0 Å². The summed E-state index contributed by atoms with van der Waals surface area (Å²) in [5.74, 6) is -0.356. The van der Waals surface area contributed by atoms with Crippen molar-refractivity contribution in [3.8, 4) is 0 Å². The lowest BCUT2D eigenvalue weighted by Crippen LogP contribution is -2.36. The van der Waals surface area contributed by atoms with E-state index in [4.69, 9.17) is 9.47 Å².